The first-order valence-electron chi connectivity index (χ1n) is 2.22. The summed E-state index contributed by atoms with van der Waals surface area (Å²) in [6.45, 7) is 0. The van der Waals surface area contributed by atoms with Gasteiger partial charge in [-0.2, -0.15) is 8.78 Å². The average Bonchev–Trinajstić information content (AvgIpc) is 2.13. The van der Waals surface area contributed by atoms with Crippen LogP contribution in [0.4, 0.5) is 13.9 Å². The number of hydrogen-bond donors (Lipinski definition) is 1. The molecule has 0 spiro atoms. The van der Waals surface area contributed by atoms with Crippen LogP contribution in [0.1, 0.15) is 0 Å². The number of thioether (sulfide) groups is 1. The molecule has 1 aromatic rings. The maximum Gasteiger partial charge on any atom is 0.291 e. The van der Waals surface area contributed by atoms with Crippen molar-refractivity contribution in [2.45, 2.75) is 10.1 Å². The van der Waals surface area contributed by atoms with Crippen LogP contribution in [0, 0.1) is 0 Å². The van der Waals surface area contributed by atoms with E-state index in [2.05, 4.69) is 10.2 Å². The summed E-state index contributed by atoms with van der Waals surface area (Å²) in [5, 5.41) is 6.96. The highest BCUT2D eigenvalue weighted by molar-refractivity contribution is 8.01. The van der Waals surface area contributed by atoms with Crippen molar-refractivity contribution in [2.24, 2.45) is 0 Å². The molecular weight excluding hydrogens is 180 g/mol. The highest BCUT2D eigenvalue weighted by Gasteiger charge is 2.08. The second-order valence-corrected chi connectivity index (χ2v) is 3.53. The molecule has 0 saturated carbocycles. The number of nitrogens with zero attached hydrogens (tertiary/aromatic N) is 2. The van der Waals surface area contributed by atoms with Crippen molar-refractivity contribution in [3.63, 3.8) is 0 Å². The fraction of sp³-hybridized carbons (Fsp3) is 0.333. The van der Waals surface area contributed by atoms with Crippen molar-refractivity contribution < 1.29 is 8.78 Å². The summed E-state index contributed by atoms with van der Waals surface area (Å²) in [4.78, 5) is 0. The number of hydrogen-bond acceptors (Lipinski definition) is 5. The molecule has 0 aliphatic rings. The molecule has 10 heavy (non-hydrogen) atoms. The van der Waals surface area contributed by atoms with Gasteiger partial charge in [0, 0.05) is 0 Å². The van der Waals surface area contributed by atoms with E-state index in [0.29, 0.717) is 11.8 Å². The third kappa shape index (κ3) is 2.07. The predicted molar refractivity (Wildman–Crippen MR) is 36.2 cm³/mol. The van der Waals surface area contributed by atoms with E-state index >= 15 is 0 Å². The van der Waals surface area contributed by atoms with Gasteiger partial charge in [0.25, 0.3) is 5.76 Å². The van der Waals surface area contributed by atoms with E-state index in [0.717, 1.165) is 11.3 Å². The summed E-state index contributed by atoms with van der Waals surface area (Å²) in [7, 11) is 0. The highest BCUT2D eigenvalue weighted by Crippen LogP contribution is 2.28. The summed E-state index contributed by atoms with van der Waals surface area (Å²) in [5.74, 6) is -2.45. The first kappa shape index (κ1) is 7.67. The highest BCUT2D eigenvalue weighted by atomic mass is 32.2. The molecule has 0 unspecified atom stereocenters. The summed E-state index contributed by atoms with van der Waals surface area (Å²) >= 11 is 1.31. The molecule has 56 valence electrons. The van der Waals surface area contributed by atoms with Crippen LogP contribution in [0.2, 0.25) is 0 Å². The minimum Gasteiger partial charge on any atom is -0.374 e. The third-order valence-electron chi connectivity index (χ3n) is 0.612. The SMILES string of the molecule is Nc1nnc(SC(F)F)s1. The van der Waals surface area contributed by atoms with Crippen molar-refractivity contribution in [1.82, 2.24) is 10.2 Å². The van der Waals surface area contributed by atoms with Gasteiger partial charge in [-0.3, -0.25) is 0 Å². The lowest BCUT2D eigenvalue weighted by atomic mass is 11.3. The summed E-state index contributed by atoms with van der Waals surface area (Å²) in [5.41, 5.74) is 5.14. The Balaban J connectivity index is 2.58. The van der Waals surface area contributed by atoms with Crippen LogP contribution in [-0.2, 0) is 0 Å². The fourth-order valence-corrected chi connectivity index (χ4v) is 1.59. The molecule has 0 atom stereocenters. The number of nitrogens with two attached hydrogens (primary N) is 1. The Morgan fingerprint density at radius 3 is 2.60 bits per heavy atom. The summed E-state index contributed by atoms with van der Waals surface area (Å²) < 4.78 is 23.4. The van der Waals surface area contributed by atoms with E-state index in [4.69, 9.17) is 5.73 Å². The second kappa shape index (κ2) is 3.11. The zero-order valence-corrected chi connectivity index (χ0v) is 6.25. The van der Waals surface area contributed by atoms with E-state index in [9.17, 15) is 8.78 Å². The second-order valence-electron chi connectivity index (χ2n) is 1.28. The first-order chi connectivity index (χ1) is 4.68. The van der Waals surface area contributed by atoms with Crippen LogP contribution in [-0.4, -0.2) is 16.0 Å². The molecule has 0 radical (unpaired) electrons. The van der Waals surface area contributed by atoms with Crippen LogP contribution in [0.5, 0.6) is 0 Å². The molecule has 0 fully saturated rings. The van der Waals surface area contributed by atoms with Gasteiger partial charge in [-0.1, -0.05) is 11.3 Å². The minimum atomic E-state index is -2.45. The van der Waals surface area contributed by atoms with Crippen molar-refractivity contribution in [3.8, 4) is 0 Å². The van der Waals surface area contributed by atoms with Gasteiger partial charge >= 0.3 is 0 Å². The monoisotopic (exact) mass is 183 g/mol. The van der Waals surface area contributed by atoms with Gasteiger partial charge in [-0.15, -0.1) is 10.2 Å². The zero-order valence-electron chi connectivity index (χ0n) is 4.62. The number of anilines is 1. The molecular formula is C3H3F2N3S2. The van der Waals surface area contributed by atoms with Crippen LogP contribution in [0.3, 0.4) is 0 Å². The van der Waals surface area contributed by atoms with Crippen molar-refractivity contribution in [1.29, 1.82) is 0 Å². The standard InChI is InChI=1S/C3H3F2N3S2/c4-1(5)9-3-8-7-2(6)10-3/h1H,(H2,6,7). The minimum absolute atomic E-state index is 0.201. The Morgan fingerprint density at radius 2 is 2.20 bits per heavy atom. The Labute approximate surface area is 63.6 Å². The predicted octanol–water partition coefficient (Wildman–Crippen LogP) is 1.44. The van der Waals surface area contributed by atoms with Crippen molar-refractivity contribution in [2.75, 3.05) is 5.73 Å². The van der Waals surface area contributed by atoms with Gasteiger partial charge in [0.1, 0.15) is 0 Å². The van der Waals surface area contributed by atoms with E-state index in [1.165, 1.54) is 0 Å². The van der Waals surface area contributed by atoms with Crippen molar-refractivity contribution in [3.05, 3.63) is 0 Å². The molecule has 0 saturated heterocycles. The van der Waals surface area contributed by atoms with E-state index < -0.39 is 5.76 Å². The maximum atomic E-state index is 11.6. The van der Waals surface area contributed by atoms with Gasteiger partial charge in [0.15, 0.2) is 4.34 Å². The van der Waals surface area contributed by atoms with Gasteiger partial charge in [0.2, 0.25) is 5.13 Å². The first-order valence-corrected chi connectivity index (χ1v) is 3.92. The smallest absolute Gasteiger partial charge is 0.291 e. The lowest BCUT2D eigenvalue weighted by Crippen LogP contribution is -1.81. The van der Waals surface area contributed by atoms with Crippen LogP contribution in [0.25, 0.3) is 0 Å². The summed E-state index contributed by atoms with van der Waals surface area (Å²) in [6.07, 6.45) is 0. The van der Waals surface area contributed by atoms with Crippen LogP contribution in [0.15, 0.2) is 4.34 Å². The van der Waals surface area contributed by atoms with Crippen LogP contribution < -0.4 is 5.73 Å². The van der Waals surface area contributed by atoms with E-state index in [1.54, 1.807) is 0 Å². The average molecular weight is 183 g/mol. The molecule has 0 aliphatic carbocycles. The molecule has 1 aromatic heterocycles. The quantitative estimate of drug-likeness (QED) is 0.705. The molecule has 0 bridgehead atoms. The number of aromatic nitrogens is 2. The number of nitrogen functional groups attached to an aromatic ring is 1. The zero-order chi connectivity index (χ0) is 7.56. The molecule has 0 amide bonds. The number of rotatable bonds is 2. The Kier molecular flexibility index (Phi) is 2.39. The number of halogens is 2. The normalized spacial score (nSPS) is 10.7. The maximum absolute atomic E-state index is 11.6. The molecule has 1 rings (SSSR count). The van der Waals surface area contributed by atoms with E-state index in [1.807, 2.05) is 0 Å². The Bertz CT molecular complexity index is 213. The molecule has 0 aromatic carbocycles. The lowest BCUT2D eigenvalue weighted by Gasteiger charge is -1.88. The largest absolute Gasteiger partial charge is 0.374 e. The van der Waals surface area contributed by atoms with Gasteiger partial charge in [0.05, 0.1) is 0 Å². The molecule has 2 N–H and O–H groups in total. The Morgan fingerprint density at radius 1 is 1.50 bits per heavy atom. The van der Waals surface area contributed by atoms with Gasteiger partial charge in [-0.05, 0) is 11.8 Å². The summed E-state index contributed by atoms with van der Waals surface area (Å²) in [6, 6.07) is 0. The Hall–Kier alpha value is -0.430. The van der Waals surface area contributed by atoms with Gasteiger partial charge in [-0.25, -0.2) is 0 Å². The van der Waals surface area contributed by atoms with Gasteiger partial charge < -0.3 is 5.73 Å². The topological polar surface area (TPSA) is 51.8 Å². The molecule has 7 heteroatoms. The molecule has 3 nitrogen and oxygen atoms in total. The lowest BCUT2D eigenvalue weighted by molar-refractivity contribution is 0.252. The van der Waals surface area contributed by atoms with Crippen molar-refractivity contribution >= 4 is 28.2 Å². The fourth-order valence-electron chi connectivity index (χ4n) is 0.344. The van der Waals surface area contributed by atoms with Crippen LogP contribution >= 0.6 is 23.1 Å². The third-order valence-corrected chi connectivity index (χ3v) is 2.16. The van der Waals surface area contributed by atoms with E-state index in [-0.39, 0.29) is 9.47 Å². The number of alkyl halides is 2. The molecule has 1 heterocycles. The molecule has 0 aliphatic heterocycles.